The van der Waals surface area contributed by atoms with Crippen molar-refractivity contribution in [2.24, 2.45) is 5.92 Å². The molecule has 0 saturated heterocycles. The van der Waals surface area contributed by atoms with E-state index >= 15 is 0 Å². The Labute approximate surface area is 159 Å². The largest absolute Gasteiger partial charge is 0.496 e. The molecular weight excluding hydrogens is 347 g/mol. The van der Waals surface area contributed by atoms with E-state index in [0.717, 1.165) is 44.0 Å². The number of benzene rings is 1. The molecule has 2 heterocycles. The molecule has 0 saturated carbocycles. The van der Waals surface area contributed by atoms with Crippen molar-refractivity contribution < 1.29 is 13.9 Å². The summed E-state index contributed by atoms with van der Waals surface area (Å²) in [5.41, 5.74) is 1.85. The molecule has 1 aromatic heterocycles. The number of fused-ring (bicyclic) bond motifs is 1. The number of amides is 1. The second-order valence-corrected chi connectivity index (χ2v) is 7.33. The first-order valence-corrected chi connectivity index (χ1v) is 9.36. The number of ether oxygens (including phenoxy) is 1. The Kier molecular flexibility index (Phi) is 6.11. The molecule has 1 aliphatic heterocycles. The number of rotatable bonds is 6. The molecule has 1 aliphatic rings. The van der Waals surface area contributed by atoms with E-state index in [9.17, 15) is 9.18 Å². The van der Waals surface area contributed by atoms with Gasteiger partial charge in [0.15, 0.2) is 0 Å². The van der Waals surface area contributed by atoms with Gasteiger partial charge < -0.3 is 10.1 Å². The van der Waals surface area contributed by atoms with Crippen LogP contribution in [0.1, 0.15) is 42.0 Å². The molecule has 6 nitrogen and oxygen atoms in total. The number of aryl methyl sites for hydroxylation is 1. The topological polar surface area (TPSA) is 59.4 Å². The summed E-state index contributed by atoms with van der Waals surface area (Å²) in [6.45, 7) is 8.56. The van der Waals surface area contributed by atoms with E-state index in [-0.39, 0.29) is 17.9 Å². The van der Waals surface area contributed by atoms with Crippen molar-refractivity contribution in [3.05, 3.63) is 47.0 Å². The van der Waals surface area contributed by atoms with Gasteiger partial charge in [-0.2, -0.15) is 5.10 Å². The molecule has 0 spiro atoms. The van der Waals surface area contributed by atoms with Crippen LogP contribution in [0.5, 0.6) is 5.75 Å². The summed E-state index contributed by atoms with van der Waals surface area (Å²) in [7, 11) is 1.42. The van der Waals surface area contributed by atoms with Gasteiger partial charge in [-0.1, -0.05) is 19.9 Å². The van der Waals surface area contributed by atoms with E-state index in [1.54, 1.807) is 6.07 Å². The fourth-order valence-corrected chi connectivity index (χ4v) is 3.50. The van der Waals surface area contributed by atoms with Gasteiger partial charge in [-0.05, 0) is 30.5 Å². The van der Waals surface area contributed by atoms with Gasteiger partial charge in [0.05, 0.1) is 25.0 Å². The summed E-state index contributed by atoms with van der Waals surface area (Å²) in [5, 5.41) is 7.36. The quantitative estimate of drug-likeness (QED) is 0.845. The minimum absolute atomic E-state index is 0.0797. The summed E-state index contributed by atoms with van der Waals surface area (Å²) in [4.78, 5) is 14.9. The van der Waals surface area contributed by atoms with Crippen LogP contribution in [-0.4, -0.2) is 40.8 Å². The smallest absolute Gasteiger partial charge is 0.258 e. The Morgan fingerprint density at radius 3 is 2.93 bits per heavy atom. The highest BCUT2D eigenvalue weighted by Gasteiger charge is 2.20. The summed E-state index contributed by atoms with van der Waals surface area (Å²) in [5.74, 6) is -0.266. The molecule has 7 heteroatoms. The standard InChI is InChI=1S/C20H27FN4O2/c1-14(2)12-24-8-5-9-25-16(13-24)10-15(23-25)11-22-20(26)19-17(21)6-4-7-18(19)27-3/h4,6-7,10,14H,5,8-9,11-13H2,1-3H3,(H,22,26). The van der Waals surface area contributed by atoms with Crippen molar-refractivity contribution in [1.29, 1.82) is 0 Å². The summed E-state index contributed by atoms with van der Waals surface area (Å²) in [6.07, 6.45) is 1.06. The molecule has 1 aromatic carbocycles. The highest BCUT2D eigenvalue weighted by molar-refractivity contribution is 5.97. The van der Waals surface area contributed by atoms with Crippen LogP contribution >= 0.6 is 0 Å². The lowest BCUT2D eigenvalue weighted by Gasteiger charge is -2.21. The van der Waals surface area contributed by atoms with Crippen molar-refractivity contribution in [1.82, 2.24) is 20.0 Å². The van der Waals surface area contributed by atoms with E-state index in [4.69, 9.17) is 4.74 Å². The first-order chi connectivity index (χ1) is 13.0. The number of halogens is 1. The molecule has 0 bridgehead atoms. The number of hydrogen-bond donors (Lipinski definition) is 1. The Morgan fingerprint density at radius 1 is 1.37 bits per heavy atom. The third-order valence-corrected chi connectivity index (χ3v) is 4.62. The normalized spacial score (nSPS) is 14.7. The highest BCUT2D eigenvalue weighted by Crippen LogP contribution is 2.21. The van der Waals surface area contributed by atoms with Gasteiger partial charge in [0.2, 0.25) is 0 Å². The van der Waals surface area contributed by atoms with Crippen molar-refractivity contribution in [2.75, 3.05) is 20.2 Å². The van der Waals surface area contributed by atoms with E-state index in [2.05, 4.69) is 29.2 Å². The van der Waals surface area contributed by atoms with Gasteiger partial charge in [0.25, 0.3) is 5.91 Å². The Balaban J connectivity index is 1.67. The maximum absolute atomic E-state index is 14.0. The predicted octanol–water partition coefficient (Wildman–Crippen LogP) is 2.82. The fourth-order valence-electron chi connectivity index (χ4n) is 3.50. The number of hydrogen-bond acceptors (Lipinski definition) is 4. The van der Waals surface area contributed by atoms with Crippen LogP contribution in [0.3, 0.4) is 0 Å². The van der Waals surface area contributed by atoms with E-state index in [0.29, 0.717) is 5.92 Å². The number of nitrogens with one attached hydrogen (secondary N) is 1. The second-order valence-electron chi connectivity index (χ2n) is 7.33. The Morgan fingerprint density at radius 2 is 2.19 bits per heavy atom. The SMILES string of the molecule is COc1cccc(F)c1C(=O)NCc1cc2n(n1)CCCN(CC(C)C)C2. The second kappa shape index (κ2) is 8.52. The van der Waals surface area contributed by atoms with Gasteiger partial charge in [0.1, 0.15) is 17.1 Å². The molecule has 0 atom stereocenters. The first-order valence-electron chi connectivity index (χ1n) is 9.36. The number of carbonyl (C=O) groups excluding carboxylic acids is 1. The van der Waals surface area contributed by atoms with Crippen LogP contribution in [0.15, 0.2) is 24.3 Å². The van der Waals surface area contributed by atoms with Crippen LogP contribution in [0.25, 0.3) is 0 Å². The molecule has 27 heavy (non-hydrogen) atoms. The Hall–Kier alpha value is -2.41. The number of nitrogens with zero attached hydrogens (tertiary/aromatic N) is 3. The van der Waals surface area contributed by atoms with Crippen LogP contribution in [0.4, 0.5) is 4.39 Å². The van der Waals surface area contributed by atoms with Gasteiger partial charge >= 0.3 is 0 Å². The molecule has 3 rings (SSSR count). The third kappa shape index (κ3) is 4.66. The summed E-state index contributed by atoms with van der Waals surface area (Å²) >= 11 is 0. The van der Waals surface area contributed by atoms with Gasteiger partial charge in [-0.3, -0.25) is 14.4 Å². The monoisotopic (exact) mass is 374 g/mol. The van der Waals surface area contributed by atoms with Gasteiger partial charge in [-0.25, -0.2) is 4.39 Å². The van der Waals surface area contributed by atoms with Crippen molar-refractivity contribution >= 4 is 5.91 Å². The lowest BCUT2D eigenvalue weighted by atomic mass is 10.1. The number of methoxy groups -OCH3 is 1. The number of carbonyl (C=O) groups is 1. The van der Waals surface area contributed by atoms with Crippen molar-refractivity contribution in [3.8, 4) is 5.75 Å². The molecule has 0 unspecified atom stereocenters. The molecule has 1 amide bonds. The zero-order valence-corrected chi connectivity index (χ0v) is 16.2. The van der Waals surface area contributed by atoms with Crippen LogP contribution in [0, 0.1) is 11.7 Å². The average molecular weight is 374 g/mol. The maximum atomic E-state index is 14.0. The molecular formula is C20H27FN4O2. The molecule has 1 N–H and O–H groups in total. The lowest BCUT2D eigenvalue weighted by Crippen LogP contribution is -2.27. The van der Waals surface area contributed by atoms with Crippen molar-refractivity contribution in [2.45, 2.75) is 39.9 Å². The molecule has 0 fully saturated rings. The fraction of sp³-hybridized carbons (Fsp3) is 0.500. The molecule has 0 aliphatic carbocycles. The molecule has 2 aromatic rings. The summed E-state index contributed by atoms with van der Waals surface area (Å²) < 4.78 is 21.1. The lowest BCUT2D eigenvalue weighted by molar-refractivity contribution is 0.0943. The molecule has 146 valence electrons. The first kappa shape index (κ1) is 19.4. The van der Waals surface area contributed by atoms with E-state index in [1.165, 1.54) is 19.2 Å². The molecule has 0 radical (unpaired) electrons. The zero-order valence-electron chi connectivity index (χ0n) is 16.2. The van der Waals surface area contributed by atoms with Gasteiger partial charge in [0, 0.05) is 26.2 Å². The highest BCUT2D eigenvalue weighted by atomic mass is 19.1. The van der Waals surface area contributed by atoms with E-state index < -0.39 is 11.7 Å². The minimum Gasteiger partial charge on any atom is -0.496 e. The van der Waals surface area contributed by atoms with Gasteiger partial charge in [-0.15, -0.1) is 0 Å². The van der Waals surface area contributed by atoms with Crippen LogP contribution in [0.2, 0.25) is 0 Å². The minimum atomic E-state index is -0.600. The summed E-state index contributed by atoms with van der Waals surface area (Å²) in [6, 6.07) is 6.36. The maximum Gasteiger partial charge on any atom is 0.258 e. The van der Waals surface area contributed by atoms with Crippen LogP contribution in [-0.2, 0) is 19.6 Å². The zero-order chi connectivity index (χ0) is 19.4. The Bertz CT molecular complexity index is 803. The van der Waals surface area contributed by atoms with Crippen LogP contribution < -0.4 is 10.1 Å². The van der Waals surface area contributed by atoms with Crippen molar-refractivity contribution in [3.63, 3.8) is 0 Å². The van der Waals surface area contributed by atoms with E-state index in [1.807, 2.05) is 10.7 Å². The number of aromatic nitrogens is 2. The average Bonchev–Trinajstić information content (AvgIpc) is 2.91. The predicted molar refractivity (Wildman–Crippen MR) is 101 cm³/mol. The third-order valence-electron chi connectivity index (χ3n) is 4.62.